The molecule has 112 valence electrons. The number of hydrogen-bond acceptors (Lipinski definition) is 5. The van der Waals surface area contributed by atoms with Crippen molar-refractivity contribution in [3.63, 3.8) is 0 Å². The van der Waals surface area contributed by atoms with E-state index >= 15 is 0 Å². The highest BCUT2D eigenvalue weighted by Gasteiger charge is 2.19. The molecule has 9 heteroatoms. The lowest BCUT2D eigenvalue weighted by Gasteiger charge is -2.25. The molecule has 0 aromatic carbocycles. The quantitative estimate of drug-likeness (QED) is 0.634. The summed E-state index contributed by atoms with van der Waals surface area (Å²) in [5.74, 6) is -1.02. The van der Waals surface area contributed by atoms with Gasteiger partial charge in [0.1, 0.15) is 12.2 Å². The van der Waals surface area contributed by atoms with Gasteiger partial charge in [-0.05, 0) is 13.8 Å². The van der Waals surface area contributed by atoms with Crippen LogP contribution >= 0.6 is 0 Å². The summed E-state index contributed by atoms with van der Waals surface area (Å²) in [5, 5.41) is 28.2. The highest BCUT2D eigenvalue weighted by atomic mass is 16.4. The molecule has 9 nitrogen and oxygen atoms in total. The van der Waals surface area contributed by atoms with Gasteiger partial charge in [-0.25, -0.2) is 9.48 Å². The third-order valence-electron chi connectivity index (χ3n) is 2.27. The van der Waals surface area contributed by atoms with Crippen molar-refractivity contribution in [2.45, 2.75) is 32.5 Å². The summed E-state index contributed by atoms with van der Waals surface area (Å²) in [4.78, 5) is 23.6. The second kappa shape index (κ2) is 6.33. The zero-order valence-electron chi connectivity index (χ0n) is 11.7. The molecular weight excluding hydrogens is 266 g/mol. The summed E-state index contributed by atoms with van der Waals surface area (Å²) in [6, 6.07) is -0.361. The van der Waals surface area contributed by atoms with E-state index in [-0.39, 0.29) is 25.7 Å². The normalized spacial score (nSPS) is 11.2. The Morgan fingerprint density at radius 1 is 1.50 bits per heavy atom. The molecule has 0 bridgehead atoms. The van der Waals surface area contributed by atoms with Crippen LogP contribution in [0.4, 0.5) is 4.79 Å². The number of amides is 2. The number of carboxylic acid groups (broad SMARTS) is 1. The van der Waals surface area contributed by atoms with Crippen molar-refractivity contribution in [3.8, 4) is 0 Å². The van der Waals surface area contributed by atoms with E-state index in [0.29, 0.717) is 5.69 Å². The van der Waals surface area contributed by atoms with Gasteiger partial charge >= 0.3 is 12.0 Å². The Kier molecular flexibility index (Phi) is 5.03. The van der Waals surface area contributed by atoms with E-state index in [9.17, 15) is 14.7 Å². The number of carbonyl (C=O) groups excluding carboxylic acids is 1. The number of nitrogens with zero attached hydrogens (tertiary/aromatic N) is 4. The predicted molar refractivity (Wildman–Crippen MR) is 68.8 cm³/mol. The zero-order chi connectivity index (χ0) is 15.3. The standard InChI is InChI=1S/C11H19N5O4/c1-11(2,20)7-15(3)10(19)12-4-8-5-16(14-13-8)6-9(17)18/h5,20H,4,6-7H2,1-3H3,(H,12,19)(H,17,18). The van der Waals surface area contributed by atoms with Crippen molar-refractivity contribution in [1.82, 2.24) is 25.2 Å². The first-order valence-corrected chi connectivity index (χ1v) is 5.99. The number of aliphatic carboxylic acids is 1. The number of urea groups is 1. The molecule has 0 aliphatic carbocycles. The average molecular weight is 285 g/mol. The highest BCUT2D eigenvalue weighted by molar-refractivity contribution is 5.73. The number of hydrogen-bond donors (Lipinski definition) is 3. The number of carbonyl (C=O) groups is 2. The van der Waals surface area contributed by atoms with E-state index in [2.05, 4.69) is 15.6 Å². The third-order valence-corrected chi connectivity index (χ3v) is 2.27. The molecule has 1 rings (SSSR count). The molecule has 1 heterocycles. The number of nitrogens with one attached hydrogen (secondary N) is 1. The van der Waals surface area contributed by atoms with Gasteiger partial charge in [0.25, 0.3) is 0 Å². The van der Waals surface area contributed by atoms with Crippen LogP contribution in [-0.4, -0.2) is 61.3 Å². The number of carboxylic acids is 1. The Morgan fingerprint density at radius 2 is 2.15 bits per heavy atom. The topological polar surface area (TPSA) is 121 Å². The Morgan fingerprint density at radius 3 is 2.70 bits per heavy atom. The van der Waals surface area contributed by atoms with Crippen LogP contribution in [0.1, 0.15) is 19.5 Å². The fraction of sp³-hybridized carbons (Fsp3) is 0.636. The van der Waals surface area contributed by atoms with E-state index in [1.807, 2.05) is 0 Å². The molecule has 1 aromatic heterocycles. The van der Waals surface area contributed by atoms with Crippen LogP contribution in [0.2, 0.25) is 0 Å². The molecule has 0 unspecified atom stereocenters. The molecule has 0 atom stereocenters. The monoisotopic (exact) mass is 285 g/mol. The van der Waals surface area contributed by atoms with E-state index in [1.54, 1.807) is 20.9 Å². The van der Waals surface area contributed by atoms with Crippen LogP contribution in [0, 0.1) is 0 Å². The van der Waals surface area contributed by atoms with Crippen molar-refractivity contribution in [2.75, 3.05) is 13.6 Å². The molecule has 0 aliphatic heterocycles. The average Bonchev–Trinajstić information content (AvgIpc) is 2.70. The molecule has 3 N–H and O–H groups in total. The Balaban J connectivity index is 2.44. The largest absolute Gasteiger partial charge is 0.480 e. The molecule has 0 aliphatic rings. The van der Waals surface area contributed by atoms with Crippen LogP contribution in [0.15, 0.2) is 6.20 Å². The summed E-state index contributed by atoms with van der Waals surface area (Å²) in [7, 11) is 1.56. The number of likely N-dealkylation sites (N-methyl/N-ethyl adjacent to an activating group) is 1. The van der Waals surface area contributed by atoms with Crippen LogP contribution in [0.5, 0.6) is 0 Å². The minimum Gasteiger partial charge on any atom is -0.480 e. The number of aliphatic hydroxyl groups is 1. The molecule has 0 saturated heterocycles. The Labute approximate surface area is 116 Å². The molecule has 1 aromatic rings. The minimum atomic E-state index is -1.02. The number of rotatable bonds is 6. The first-order chi connectivity index (χ1) is 9.17. The summed E-state index contributed by atoms with van der Waals surface area (Å²) in [6.07, 6.45) is 1.45. The first kappa shape index (κ1) is 15.9. The van der Waals surface area contributed by atoms with Crippen molar-refractivity contribution in [1.29, 1.82) is 0 Å². The molecule has 2 amide bonds. The van der Waals surface area contributed by atoms with Gasteiger partial charge < -0.3 is 20.4 Å². The summed E-state index contributed by atoms with van der Waals surface area (Å²) >= 11 is 0. The van der Waals surface area contributed by atoms with E-state index in [1.165, 1.54) is 15.8 Å². The van der Waals surface area contributed by atoms with Gasteiger partial charge in [0.15, 0.2) is 0 Å². The fourth-order valence-corrected chi connectivity index (χ4v) is 1.59. The lowest BCUT2D eigenvalue weighted by Crippen LogP contribution is -2.44. The van der Waals surface area contributed by atoms with Gasteiger partial charge in [0.2, 0.25) is 0 Å². The SMILES string of the molecule is CN(CC(C)(C)O)C(=O)NCc1cn(CC(=O)O)nn1. The highest BCUT2D eigenvalue weighted by Crippen LogP contribution is 2.03. The minimum absolute atomic E-state index is 0.134. The predicted octanol–water partition coefficient (Wildman–Crippen LogP) is -0.725. The maximum atomic E-state index is 11.7. The zero-order valence-corrected chi connectivity index (χ0v) is 11.7. The smallest absolute Gasteiger partial charge is 0.325 e. The summed E-state index contributed by atoms with van der Waals surface area (Å²) < 4.78 is 1.17. The summed E-state index contributed by atoms with van der Waals surface area (Å²) in [5.41, 5.74) is -0.521. The van der Waals surface area contributed by atoms with Gasteiger partial charge in [-0.3, -0.25) is 4.79 Å². The number of aromatic nitrogens is 3. The fourth-order valence-electron chi connectivity index (χ4n) is 1.59. The van der Waals surface area contributed by atoms with Gasteiger partial charge in [-0.15, -0.1) is 5.10 Å². The summed E-state index contributed by atoms with van der Waals surface area (Å²) in [6.45, 7) is 3.25. The van der Waals surface area contributed by atoms with Crippen molar-refractivity contribution >= 4 is 12.0 Å². The molecular formula is C11H19N5O4. The second-order valence-electron chi connectivity index (χ2n) is 5.13. The molecule has 20 heavy (non-hydrogen) atoms. The lowest BCUT2D eigenvalue weighted by molar-refractivity contribution is -0.137. The van der Waals surface area contributed by atoms with Crippen molar-refractivity contribution < 1.29 is 19.8 Å². The van der Waals surface area contributed by atoms with E-state index in [4.69, 9.17) is 5.11 Å². The molecule has 0 fully saturated rings. The Bertz CT molecular complexity index is 479. The van der Waals surface area contributed by atoms with Crippen LogP contribution in [0.25, 0.3) is 0 Å². The van der Waals surface area contributed by atoms with E-state index in [0.717, 1.165) is 0 Å². The van der Waals surface area contributed by atoms with Crippen molar-refractivity contribution in [3.05, 3.63) is 11.9 Å². The van der Waals surface area contributed by atoms with Gasteiger partial charge in [0, 0.05) is 7.05 Å². The van der Waals surface area contributed by atoms with Crippen molar-refractivity contribution in [2.24, 2.45) is 0 Å². The van der Waals surface area contributed by atoms with E-state index < -0.39 is 11.6 Å². The third kappa shape index (κ3) is 5.65. The molecule has 0 spiro atoms. The maximum absolute atomic E-state index is 11.7. The Hall–Kier alpha value is -2.16. The second-order valence-corrected chi connectivity index (χ2v) is 5.13. The van der Waals surface area contributed by atoms with Gasteiger partial charge in [-0.1, -0.05) is 5.21 Å². The van der Waals surface area contributed by atoms with Crippen LogP contribution < -0.4 is 5.32 Å². The lowest BCUT2D eigenvalue weighted by atomic mass is 10.1. The first-order valence-electron chi connectivity index (χ1n) is 5.99. The van der Waals surface area contributed by atoms with Gasteiger partial charge in [-0.2, -0.15) is 0 Å². The molecule has 0 saturated carbocycles. The van der Waals surface area contributed by atoms with Crippen LogP contribution in [0.3, 0.4) is 0 Å². The van der Waals surface area contributed by atoms with Gasteiger partial charge in [0.05, 0.1) is 24.9 Å². The van der Waals surface area contributed by atoms with Crippen LogP contribution in [-0.2, 0) is 17.9 Å². The maximum Gasteiger partial charge on any atom is 0.325 e. The molecule has 0 radical (unpaired) electrons.